The Hall–Kier alpha value is -1.15. The second kappa shape index (κ2) is 6.44. The summed E-state index contributed by atoms with van der Waals surface area (Å²) in [4.78, 5) is 4.74. The average molecular weight is 218 g/mol. The van der Waals surface area contributed by atoms with Gasteiger partial charge in [0.1, 0.15) is 0 Å². The number of aliphatic imine (C=N–C) groups is 1. The van der Waals surface area contributed by atoms with E-state index in [1.165, 1.54) is 16.8 Å². The van der Waals surface area contributed by atoms with E-state index in [2.05, 4.69) is 50.4 Å². The molecule has 2 heteroatoms. The number of aryl methyl sites for hydroxylation is 1. The van der Waals surface area contributed by atoms with Crippen molar-refractivity contribution in [3.8, 4) is 0 Å². The summed E-state index contributed by atoms with van der Waals surface area (Å²) in [7, 11) is 1.96. The summed E-state index contributed by atoms with van der Waals surface area (Å²) in [5.41, 5.74) is 3.81. The zero-order chi connectivity index (χ0) is 12.0. The van der Waals surface area contributed by atoms with Crippen molar-refractivity contribution in [2.24, 2.45) is 4.99 Å². The predicted molar refractivity (Wildman–Crippen MR) is 71.2 cm³/mol. The van der Waals surface area contributed by atoms with Crippen molar-refractivity contribution in [2.75, 3.05) is 13.6 Å². The minimum atomic E-state index is 0.254. The van der Waals surface area contributed by atoms with Gasteiger partial charge in [0.15, 0.2) is 0 Å². The third-order valence-corrected chi connectivity index (χ3v) is 2.72. The molecule has 1 N–H and O–H groups in total. The van der Waals surface area contributed by atoms with Crippen LogP contribution < -0.4 is 5.32 Å². The average Bonchev–Trinajstić information content (AvgIpc) is 2.29. The molecule has 1 unspecified atom stereocenters. The van der Waals surface area contributed by atoms with E-state index in [9.17, 15) is 0 Å². The van der Waals surface area contributed by atoms with E-state index in [0.717, 1.165) is 13.0 Å². The topological polar surface area (TPSA) is 24.4 Å². The molecular formula is C14H22N2. The van der Waals surface area contributed by atoms with E-state index in [4.69, 9.17) is 4.99 Å². The molecule has 1 aromatic rings. The standard InChI is InChI=1S/C14H22N2/c1-5-14(10-15-4)16-12(3)13-8-6-11(2)7-9-13/h6-9,12,15H,5,10H2,1-4H3. The van der Waals surface area contributed by atoms with Crippen LogP contribution >= 0.6 is 0 Å². The van der Waals surface area contributed by atoms with Gasteiger partial charge in [-0.1, -0.05) is 36.8 Å². The van der Waals surface area contributed by atoms with E-state index in [1.54, 1.807) is 0 Å². The van der Waals surface area contributed by atoms with Gasteiger partial charge in [0.25, 0.3) is 0 Å². The quantitative estimate of drug-likeness (QED) is 0.754. The summed E-state index contributed by atoms with van der Waals surface area (Å²) >= 11 is 0. The molecule has 1 aromatic carbocycles. The van der Waals surface area contributed by atoms with Crippen molar-refractivity contribution in [1.29, 1.82) is 0 Å². The van der Waals surface area contributed by atoms with Crippen molar-refractivity contribution in [3.05, 3.63) is 35.4 Å². The Labute approximate surface area is 98.8 Å². The molecule has 88 valence electrons. The molecule has 2 nitrogen and oxygen atoms in total. The van der Waals surface area contributed by atoms with Gasteiger partial charge in [0.05, 0.1) is 6.04 Å². The third-order valence-electron chi connectivity index (χ3n) is 2.72. The van der Waals surface area contributed by atoms with E-state index in [1.807, 2.05) is 7.05 Å². The molecule has 0 fully saturated rings. The molecule has 0 aliphatic heterocycles. The Kier molecular flexibility index (Phi) is 5.20. The van der Waals surface area contributed by atoms with E-state index < -0.39 is 0 Å². The molecule has 0 saturated heterocycles. The second-order valence-electron chi connectivity index (χ2n) is 4.17. The Morgan fingerprint density at radius 2 is 1.94 bits per heavy atom. The van der Waals surface area contributed by atoms with Gasteiger partial charge in [-0.15, -0.1) is 0 Å². The van der Waals surface area contributed by atoms with Crippen molar-refractivity contribution < 1.29 is 0 Å². The number of nitrogens with zero attached hydrogens (tertiary/aromatic N) is 1. The van der Waals surface area contributed by atoms with Crippen molar-refractivity contribution in [3.63, 3.8) is 0 Å². The maximum atomic E-state index is 4.74. The van der Waals surface area contributed by atoms with E-state index in [-0.39, 0.29) is 6.04 Å². The van der Waals surface area contributed by atoms with Crippen molar-refractivity contribution in [1.82, 2.24) is 5.32 Å². The highest BCUT2D eigenvalue weighted by Crippen LogP contribution is 2.17. The summed E-state index contributed by atoms with van der Waals surface area (Å²) in [6, 6.07) is 8.87. The fourth-order valence-corrected chi connectivity index (χ4v) is 1.66. The monoisotopic (exact) mass is 218 g/mol. The molecule has 0 aromatic heterocycles. The molecule has 1 atom stereocenters. The highest BCUT2D eigenvalue weighted by Gasteiger charge is 2.04. The number of benzene rings is 1. The molecule has 0 bridgehead atoms. The lowest BCUT2D eigenvalue weighted by Crippen LogP contribution is -2.18. The first-order valence-corrected chi connectivity index (χ1v) is 5.94. The van der Waals surface area contributed by atoms with Crippen LogP contribution in [-0.2, 0) is 0 Å². The first kappa shape index (κ1) is 12.9. The fourth-order valence-electron chi connectivity index (χ4n) is 1.66. The first-order chi connectivity index (χ1) is 7.67. The molecule has 0 aliphatic rings. The Bertz CT molecular complexity index is 338. The zero-order valence-electron chi connectivity index (χ0n) is 10.7. The van der Waals surface area contributed by atoms with Crippen LogP contribution in [0.2, 0.25) is 0 Å². The minimum absolute atomic E-state index is 0.254. The van der Waals surface area contributed by atoms with E-state index in [0.29, 0.717) is 0 Å². The molecule has 0 radical (unpaired) electrons. The SMILES string of the molecule is CCC(CNC)=NC(C)c1ccc(C)cc1. The summed E-state index contributed by atoms with van der Waals surface area (Å²) < 4.78 is 0. The second-order valence-corrected chi connectivity index (χ2v) is 4.17. The summed E-state index contributed by atoms with van der Waals surface area (Å²) in [5.74, 6) is 0. The van der Waals surface area contributed by atoms with Gasteiger partial charge in [0, 0.05) is 12.3 Å². The molecule has 0 saturated carbocycles. The highest BCUT2D eigenvalue weighted by atomic mass is 14.9. The molecule has 0 heterocycles. The predicted octanol–water partition coefficient (Wildman–Crippen LogP) is 3.13. The molecule has 0 amide bonds. The molecule has 16 heavy (non-hydrogen) atoms. The summed E-state index contributed by atoms with van der Waals surface area (Å²) in [5, 5.41) is 3.15. The smallest absolute Gasteiger partial charge is 0.0720 e. The maximum absolute atomic E-state index is 4.74. The summed E-state index contributed by atoms with van der Waals surface area (Å²) in [6.07, 6.45) is 1.01. The Morgan fingerprint density at radius 3 is 2.44 bits per heavy atom. The normalized spacial score (nSPS) is 13.9. The van der Waals surface area contributed by atoms with Gasteiger partial charge in [-0.3, -0.25) is 4.99 Å². The van der Waals surface area contributed by atoms with Crippen LogP contribution in [-0.4, -0.2) is 19.3 Å². The van der Waals surface area contributed by atoms with E-state index >= 15 is 0 Å². The van der Waals surface area contributed by atoms with Gasteiger partial charge < -0.3 is 5.32 Å². The molecule has 0 aliphatic carbocycles. The number of hydrogen-bond donors (Lipinski definition) is 1. The highest BCUT2D eigenvalue weighted by molar-refractivity contribution is 5.86. The fraction of sp³-hybridized carbons (Fsp3) is 0.500. The number of rotatable bonds is 5. The van der Waals surface area contributed by atoms with Crippen LogP contribution in [0, 0.1) is 6.92 Å². The van der Waals surface area contributed by atoms with Crippen LogP contribution in [0.15, 0.2) is 29.3 Å². The molecular weight excluding hydrogens is 196 g/mol. The first-order valence-electron chi connectivity index (χ1n) is 5.94. The Balaban J connectivity index is 2.76. The van der Waals surface area contributed by atoms with Crippen LogP contribution in [0.4, 0.5) is 0 Å². The largest absolute Gasteiger partial charge is 0.315 e. The van der Waals surface area contributed by atoms with Gasteiger partial charge in [0.2, 0.25) is 0 Å². The summed E-state index contributed by atoms with van der Waals surface area (Å²) in [6.45, 7) is 7.29. The van der Waals surface area contributed by atoms with Crippen molar-refractivity contribution >= 4 is 5.71 Å². The van der Waals surface area contributed by atoms with Crippen LogP contribution in [0.25, 0.3) is 0 Å². The third kappa shape index (κ3) is 3.78. The zero-order valence-corrected chi connectivity index (χ0v) is 10.7. The van der Waals surface area contributed by atoms with Gasteiger partial charge in [-0.25, -0.2) is 0 Å². The number of hydrogen-bond acceptors (Lipinski definition) is 2. The maximum Gasteiger partial charge on any atom is 0.0720 e. The lowest BCUT2D eigenvalue weighted by molar-refractivity contribution is 0.800. The lowest BCUT2D eigenvalue weighted by Gasteiger charge is -2.10. The van der Waals surface area contributed by atoms with Crippen LogP contribution in [0.3, 0.4) is 0 Å². The Morgan fingerprint density at radius 1 is 1.31 bits per heavy atom. The van der Waals surface area contributed by atoms with Gasteiger partial charge >= 0.3 is 0 Å². The molecule has 0 spiro atoms. The van der Waals surface area contributed by atoms with Gasteiger partial charge in [-0.05, 0) is 32.9 Å². The lowest BCUT2D eigenvalue weighted by atomic mass is 10.1. The number of nitrogens with one attached hydrogen (secondary N) is 1. The minimum Gasteiger partial charge on any atom is -0.315 e. The van der Waals surface area contributed by atoms with Crippen LogP contribution in [0.5, 0.6) is 0 Å². The van der Waals surface area contributed by atoms with Crippen molar-refractivity contribution in [2.45, 2.75) is 33.2 Å². The van der Waals surface area contributed by atoms with Crippen LogP contribution in [0.1, 0.15) is 37.4 Å². The molecule has 1 rings (SSSR count). The van der Waals surface area contributed by atoms with Gasteiger partial charge in [-0.2, -0.15) is 0 Å².